The van der Waals surface area contributed by atoms with Crippen molar-refractivity contribution in [1.82, 2.24) is 9.38 Å². The molecule has 0 unspecified atom stereocenters. The van der Waals surface area contributed by atoms with E-state index in [-0.39, 0.29) is 5.52 Å². The summed E-state index contributed by atoms with van der Waals surface area (Å²) in [6.45, 7) is 0.298. The molecule has 0 saturated heterocycles. The maximum atomic E-state index is 13.5. The second-order valence-electron chi connectivity index (χ2n) is 3.22. The number of rotatable bonds is 3. The Morgan fingerprint density at radius 3 is 3.00 bits per heavy atom. The summed E-state index contributed by atoms with van der Waals surface area (Å²) in [4.78, 5) is 13.8. The number of aromatic nitrogens is 2. The monoisotopic (exact) mass is 224 g/mol. The van der Waals surface area contributed by atoms with Gasteiger partial charge in [-0.2, -0.15) is 0 Å². The van der Waals surface area contributed by atoms with Gasteiger partial charge in [-0.05, 0) is 22.0 Å². The zero-order valence-corrected chi connectivity index (χ0v) is 8.26. The number of hydrogen-bond donors (Lipinski definition) is 1. The summed E-state index contributed by atoms with van der Waals surface area (Å²) in [6, 6.07) is 2.63. The predicted octanol–water partition coefficient (Wildman–Crippen LogP) is 0.883. The van der Waals surface area contributed by atoms with Crippen LogP contribution < -0.4 is 5.73 Å². The first kappa shape index (κ1) is 10.5. The van der Waals surface area contributed by atoms with Crippen molar-refractivity contribution in [1.29, 1.82) is 0 Å². The molecular formula is C9H9FN4O2. The normalized spacial score (nSPS) is 10.9. The maximum absolute atomic E-state index is 13.5. The summed E-state index contributed by atoms with van der Waals surface area (Å²) in [6.07, 6.45) is 1.89. The Balaban J connectivity index is 2.76. The number of hydrogen-bond acceptors (Lipinski definition) is 4. The standard InChI is InChI=1S/C9H9FN4O2/c10-6-2-1-5-13-7(3-4-11)12-9(8(6)13)14(15)16/h1-2,5H,3-4,11H2. The van der Waals surface area contributed by atoms with Crippen molar-refractivity contribution in [2.75, 3.05) is 6.54 Å². The van der Waals surface area contributed by atoms with Gasteiger partial charge in [0.15, 0.2) is 11.3 Å². The Morgan fingerprint density at radius 2 is 2.38 bits per heavy atom. The molecule has 0 spiro atoms. The molecule has 0 saturated carbocycles. The molecule has 0 fully saturated rings. The van der Waals surface area contributed by atoms with Crippen molar-refractivity contribution < 1.29 is 9.31 Å². The summed E-state index contributed by atoms with van der Waals surface area (Å²) in [7, 11) is 0. The smallest absolute Gasteiger partial charge is 0.358 e. The number of nitrogens with two attached hydrogens (primary N) is 1. The molecule has 0 aliphatic rings. The van der Waals surface area contributed by atoms with Crippen molar-refractivity contribution in [3.63, 3.8) is 0 Å². The number of nitro groups is 1. The lowest BCUT2D eigenvalue weighted by Crippen LogP contribution is -2.06. The lowest BCUT2D eigenvalue weighted by Gasteiger charge is -1.96. The van der Waals surface area contributed by atoms with Gasteiger partial charge in [-0.15, -0.1) is 0 Å². The van der Waals surface area contributed by atoms with E-state index in [1.165, 1.54) is 16.7 Å². The molecule has 16 heavy (non-hydrogen) atoms. The SMILES string of the molecule is NCCc1nc([N+](=O)[O-])c2c(F)cccn12. The van der Waals surface area contributed by atoms with E-state index in [1.54, 1.807) is 0 Å². The Kier molecular flexibility index (Phi) is 2.53. The van der Waals surface area contributed by atoms with Gasteiger partial charge in [-0.1, -0.05) is 0 Å². The third kappa shape index (κ3) is 1.50. The fourth-order valence-corrected chi connectivity index (χ4v) is 1.57. The van der Waals surface area contributed by atoms with Crippen LogP contribution in [0.25, 0.3) is 5.52 Å². The quantitative estimate of drug-likeness (QED) is 0.619. The van der Waals surface area contributed by atoms with Crippen LogP contribution in [0.3, 0.4) is 0 Å². The van der Waals surface area contributed by atoms with E-state index in [0.717, 1.165) is 6.07 Å². The summed E-state index contributed by atoms with van der Waals surface area (Å²) in [5, 5.41) is 10.7. The first-order valence-corrected chi connectivity index (χ1v) is 4.65. The van der Waals surface area contributed by atoms with Gasteiger partial charge in [0.2, 0.25) is 5.82 Å². The van der Waals surface area contributed by atoms with Gasteiger partial charge in [-0.3, -0.25) is 4.40 Å². The average Bonchev–Trinajstić information content (AvgIpc) is 2.60. The van der Waals surface area contributed by atoms with E-state index in [2.05, 4.69) is 4.98 Å². The highest BCUT2D eigenvalue weighted by Gasteiger charge is 2.24. The topological polar surface area (TPSA) is 86.5 Å². The van der Waals surface area contributed by atoms with Gasteiger partial charge >= 0.3 is 5.82 Å². The van der Waals surface area contributed by atoms with Crippen LogP contribution in [0.2, 0.25) is 0 Å². The summed E-state index contributed by atoms with van der Waals surface area (Å²) in [5.74, 6) is -0.741. The van der Waals surface area contributed by atoms with Gasteiger partial charge in [0.1, 0.15) is 0 Å². The van der Waals surface area contributed by atoms with E-state index in [0.29, 0.717) is 18.8 Å². The molecule has 2 aromatic heterocycles. The Morgan fingerprint density at radius 1 is 1.62 bits per heavy atom. The number of pyridine rings is 1. The Labute approximate surface area is 89.7 Å². The highest BCUT2D eigenvalue weighted by molar-refractivity contribution is 5.63. The first-order chi connectivity index (χ1) is 7.65. The van der Waals surface area contributed by atoms with Crippen molar-refractivity contribution in [2.24, 2.45) is 5.73 Å². The fraction of sp³-hybridized carbons (Fsp3) is 0.222. The molecule has 0 aliphatic heterocycles. The van der Waals surface area contributed by atoms with E-state index in [4.69, 9.17) is 5.73 Å². The van der Waals surface area contributed by atoms with E-state index in [1.807, 2.05) is 0 Å². The van der Waals surface area contributed by atoms with E-state index in [9.17, 15) is 14.5 Å². The van der Waals surface area contributed by atoms with Gasteiger partial charge in [0.25, 0.3) is 0 Å². The van der Waals surface area contributed by atoms with Gasteiger partial charge in [0, 0.05) is 19.2 Å². The lowest BCUT2D eigenvalue weighted by molar-refractivity contribution is -0.387. The Hall–Kier alpha value is -2.02. The van der Waals surface area contributed by atoms with Crippen LogP contribution in [0.5, 0.6) is 0 Å². The summed E-state index contributed by atoms with van der Waals surface area (Å²) < 4.78 is 14.8. The molecule has 6 nitrogen and oxygen atoms in total. The minimum Gasteiger partial charge on any atom is -0.358 e. The number of halogens is 1. The van der Waals surface area contributed by atoms with Crippen molar-refractivity contribution in [3.05, 3.63) is 40.1 Å². The number of imidazole rings is 1. The van der Waals surface area contributed by atoms with E-state index >= 15 is 0 Å². The minimum absolute atomic E-state index is 0.115. The molecule has 0 radical (unpaired) electrons. The molecule has 84 valence electrons. The van der Waals surface area contributed by atoms with Gasteiger partial charge in [0.05, 0.1) is 0 Å². The van der Waals surface area contributed by atoms with Crippen LogP contribution in [-0.2, 0) is 6.42 Å². The molecule has 0 aliphatic carbocycles. The predicted molar refractivity (Wildman–Crippen MR) is 54.6 cm³/mol. The number of nitrogens with zero attached hydrogens (tertiary/aromatic N) is 3. The molecule has 7 heteroatoms. The van der Waals surface area contributed by atoms with E-state index < -0.39 is 16.6 Å². The molecular weight excluding hydrogens is 215 g/mol. The van der Waals surface area contributed by atoms with Crippen LogP contribution in [0.1, 0.15) is 5.82 Å². The molecule has 0 bridgehead atoms. The molecule has 2 N–H and O–H groups in total. The van der Waals surface area contributed by atoms with Gasteiger partial charge in [-0.25, -0.2) is 4.39 Å². The van der Waals surface area contributed by atoms with Crippen molar-refractivity contribution in [3.8, 4) is 0 Å². The van der Waals surface area contributed by atoms with Crippen LogP contribution in [0, 0.1) is 15.9 Å². The zero-order chi connectivity index (χ0) is 11.7. The molecule has 0 atom stereocenters. The molecule has 2 rings (SSSR count). The second-order valence-corrected chi connectivity index (χ2v) is 3.22. The average molecular weight is 224 g/mol. The van der Waals surface area contributed by atoms with Crippen LogP contribution in [0.4, 0.5) is 10.2 Å². The van der Waals surface area contributed by atoms with Crippen LogP contribution in [-0.4, -0.2) is 20.9 Å². The van der Waals surface area contributed by atoms with Crippen LogP contribution >= 0.6 is 0 Å². The van der Waals surface area contributed by atoms with Crippen molar-refractivity contribution in [2.45, 2.75) is 6.42 Å². The molecule has 2 aromatic rings. The Bertz CT molecular complexity index is 552. The fourth-order valence-electron chi connectivity index (χ4n) is 1.57. The maximum Gasteiger partial charge on any atom is 0.392 e. The second kappa shape index (κ2) is 3.86. The lowest BCUT2D eigenvalue weighted by atomic mass is 10.3. The van der Waals surface area contributed by atoms with Gasteiger partial charge < -0.3 is 15.8 Å². The molecule has 0 amide bonds. The van der Waals surface area contributed by atoms with Crippen LogP contribution in [0.15, 0.2) is 18.3 Å². The minimum atomic E-state index is -0.696. The van der Waals surface area contributed by atoms with Crippen molar-refractivity contribution >= 4 is 11.3 Å². The molecule has 0 aromatic carbocycles. The third-order valence-corrected chi connectivity index (χ3v) is 2.21. The zero-order valence-electron chi connectivity index (χ0n) is 8.26. The third-order valence-electron chi connectivity index (χ3n) is 2.21. The first-order valence-electron chi connectivity index (χ1n) is 4.65. The summed E-state index contributed by atoms with van der Waals surface area (Å²) >= 11 is 0. The number of fused-ring (bicyclic) bond motifs is 1. The molecule has 2 heterocycles. The highest BCUT2D eigenvalue weighted by Crippen LogP contribution is 2.23. The largest absolute Gasteiger partial charge is 0.392 e. The summed E-state index contributed by atoms with van der Waals surface area (Å²) in [5.41, 5.74) is 5.24. The highest BCUT2D eigenvalue weighted by atomic mass is 19.1.